The molecule has 130 valence electrons. The van der Waals surface area contributed by atoms with Crippen molar-refractivity contribution in [2.24, 2.45) is 0 Å². The number of methoxy groups -OCH3 is 1. The number of carbonyl (C=O) groups excluding carboxylic acids is 4. The van der Waals surface area contributed by atoms with E-state index in [0.29, 0.717) is 6.42 Å². The zero-order valence-corrected chi connectivity index (χ0v) is 14.0. The smallest absolute Gasteiger partial charge is 0.326 e. The van der Waals surface area contributed by atoms with Gasteiger partial charge in [-0.3, -0.25) is 29.8 Å². The lowest BCUT2D eigenvalue weighted by molar-refractivity contribution is -0.148. The third kappa shape index (κ3) is 6.29. The van der Waals surface area contributed by atoms with Gasteiger partial charge >= 0.3 is 5.97 Å². The summed E-state index contributed by atoms with van der Waals surface area (Å²) in [5, 5.41) is 4.89. The largest absolute Gasteiger partial charge is 0.468 e. The zero-order chi connectivity index (χ0) is 18.2. The van der Waals surface area contributed by atoms with Gasteiger partial charge in [-0.1, -0.05) is 30.3 Å². The lowest BCUT2D eigenvalue weighted by Crippen LogP contribution is -2.53. The molecule has 0 spiro atoms. The van der Waals surface area contributed by atoms with Gasteiger partial charge in [0, 0.05) is 13.3 Å². The molecule has 1 aromatic rings. The van der Waals surface area contributed by atoms with E-state index in [1.54, 1.807) is 6.92 Å². The highest BCUT2D eigenvalue weighted by molar-refractivity contribution is 6.04. The molecule has 0 fully saturated rings. The number of hydrogen-bond acceptors (Lipinski definition) is 6. The van der Waals surface area contributed by atoms with Gasteiger partial charge in [-0.25, -0.2) is 0 Å². The van der Waals surface area contributed by atoms with Gasteiger partial charge in [0.05, 0.1) is 20.1 Å². The molecule has 1 atom stereocenters. The van der Waals surface area contributed by atoms with Crippen molar-refractivity contribution in [2.45, 2.75) is 32.2 Å². The molecule has 0 radical (unpaired) electrons. The van der Waals surface area contributed by atoms with Crippen molar-refractivity contribution >= 4 is 23.6 Å². The number of nitrogens with one attached hydrogen (secondary N) is 2. The summed E-state index contributed by atoms with van der Waals surface area (Å²) in [5.74, 6) is -2.13. The molecule has 0 unspecified atom stereocenters. The van der Waals surface area contributed by atoms with Crippen LogP contribution in [0, 0.1) is 0 Å². The zero-order valence-electron chi connectivity index (χ0n) is 14.0. The van der Waals surface area contributed by atoms with Crippen LogP contribution in [0.3, 0.4) is 0 Å². The van der Waals surface area contributed by atoms with E-state index in [-0.39, 0.29) is 6.54 Å². The summed E-state index contributed by atoms with van der Waals surface area (Å²) in [6.07, 6.45) is -0.109. The van der Waals surface area contributed by atoms with E-state index in [1.165, 1.54) is 14.0 Å². The van der Waals surface area contributed by atoms with Gasteiger partial charge in [-0.2, -0.15) is 0 Å². The van der Waals surface area contributed by atoms with Gasteiger partial charge in [-0.05, 0) is 12.5 Å². The standard InChI is InChI=1S/C17H22N2O5/c1-12(20)19-15(22)9-14(21)11-18-17(2,16(23)24-3)10-13-7-5-4-6-8-13/h4-8,18H,9-11H2,1-3H3,(H,19,20,22)/t17-/m0/s1. The maximum atomic E-state index is 12.1. The van der Waals surface area contributed by atoms with E-state index in [1.807, 2.05) is 35.6 Å². The molecule has 24 heavy (non-hydrogen) atoms. The van der Waals surface area contributed by atoms with Crippen molar-refractivity contribution in [2.75, 3.05) is 13.7 Å². The van der Waals surface area contributed by atoms with E-state index in [0.717, 1.165) is 5.56 Å². The highest BCUT2D eigenvalue weighted by Gasteiger charge is 2.34. The fourth-order valence-corrected chi connectivity index (χ4v) is 2.21. The summed E-state index contributed by atoms with van der Waals surface area (Å²) in [6, 6.07) is 9.30. The van der Waals surface area contributed by atoms with Crippen molar-refractivity contribution in [1.29, 1.82) is 0 Å². The first-order chi connectivity index (χ1) is 11.3. The number of benzene rings is 1. The average Bonchev–Trinajstić information content (AvgIpc) is 2.52. The molecule has 0 aliphatic rings. The van der Waals surface area contributed by atoms with Gasteiger partial charge in [-0.15, -0.1) is 0 Å². The van der Waals surface area contributed by atoms with E-state index in [2.05, 4.69) is 5.32 Å². The predicted molar refractivity (Wildman–Crippen MR) is 87.0 cm³/mol. The van der Waals surface area contributed by atoms with Crippen LogP contribution in [0.15, 0.2) is 30.3 Å². The Bertz CT molecular complexity index is 615. The predicted octanol–water partition coefficient (Wildman–Crippen LogP) is 0.372. The molecule has 0 saturated carbocycles. The van der Waals surface area contributed by atoms with Crippen LogP contribution in [0.5, 0.6) is 0 Å². The SMILES string of the molecule is COC(=O)[C@](C)(Cc1ccccc1)NCC(=O)CC(=O)NC(C)=O. The third-order valence-electron chi connectivity index (χ3n) is 3.39. The monoisotopic (exact) mass is 334 g/mol. The van der Waals surface area contributed by atoms with Crippen molar-refractivity contribution in [3.8, 4) is 0 Å². The number of amides is 2. The van der Waals surface area contributed by atoms with E-state index in [9.17, 15) is 19.2 Å². The van der Waals surface area contributed by atoms with Crippen LogP contribution in [0.2, 0.25) is 0 Å². The van der Waals surface area contributed by atoms with Crippen molar-refractivity contribution in [1.82, 2.24) is 10.6 Å². The topological polar surface area (TPSA) is 102 Å². The Morgan fingerprint density at radius 2 is 1.75 bits per heavy atom. The lowest BCUT2D eigenvalue weighted by atomic mass is 9.92. The van der Waals surface area contributed by atoms with Crippen LogP contribution in [-0.4, -0.2) is 42.8 Å². The first-order valence-electron chi connectivity index (χ1n) is 7.46. The molecule has 7 nitrogen and oxygen atoms in total. The van der Waals surface area contributed by atoms with Crippen LogP contribution in [0.25, 0.3) is 0 Å². The molecule has 2 amide bonds. The number of Topliss-reactive ketones (excluding diaryl/α,β-unsaturated/α-hetero) is 1. The Labute approximate surface area is 140 Å². The van der Waals surface area contributed by atoms with Crippen LogP contribution in [-0.2, 0) is 30.3 Å². The van der Waals surface area contributed by atoms with Gasteiger partial charge < -0.3 is 4.74 Å². The Balaban J connectivity index is 2.69. The van der Waals surface area contributed by atoms with Crippen molar-refractivity contribution in [3.05, 3.63) is 35.9 Å². The summed E-state index contributed by atoms with van der Waals surface area (Å²) in [6.45, 7) is 2.63. The minimum Gasteiger partial charge on any atom is -0.468 e. The number of ketones is 1. The van der Waals surface area contributed by atoms with Crippen molar-refractivity contribution < 1.29 is 23.9 Å². The van der Waals surface area contributed by atoms with E-state index >= 15 is 0 Å². The molecular weight excluding hydrogens is 312 g/mol. The Kier molecular flexibility index (Phi) is 7.26. The van der Waals surface area contributed by atoms with Crippen molar-refractivity contribution in [3.63, 3.8) is 0 Å². The Morgan fingerprint density at radius 1 is 1.12 bits per heavy atom. The number of esters is 1. The van der Waals surface area contributed by atoms with Crippen LogP contribution in [0.1, 0.15) is 25.8 Å². The number of ether oxygens (including phenoxy) is 1. The molecule has 0 aliphatic heterocycles. The fraction of sp³-hybridized carbons (Fsp3) is 0.412. The Hall–Kier alpha value is -2.54. The number of hydrogen-bond donors (Lipinski definition) is 2. The normalized spacial score (nSPS) is 12.8. The molecule has 0 aromatic heterocycles. The van der Waals surface area contributed by atoms with Gasteiger partial charge in [0.15, 0.2) is 5.78 Å². The van der Waals surface area contributed by atoms with Gasteiger partial charge in [0.25, 0.3) is 0 Å². The lowest BCUT2D eigenvalue weighted by Gasteiger charge is -2.28. The fourth-order valence-electron chi connectivity index (χ4n) is 2.21. The van der Waals surface area contributed by atoms with Crippen LogP contribution < -0.4 is 10.6 Å². The van der Waals surface area contributed by atoms with E-state index in [4.69, 9.17) is 4.74 Å². The molecule has 0 saturated heterocycles. The minimum atomic E-state index is -1.11. The Morgan fingerprint density at radius 3 is 2.29 bits per heavy atom. The molecule has 1 aromatic carbocycles. The van der Waals surface area contributed by atoms with Gasteiger partial charge in [0.2, 0.25) is 11.8 Å². The molecule has 1 rings (SSSR count). The number of rotatable bonds is 8. The second-order valence-corrected chi connectivity index (χ2v) is 5.66. The highest BCUT2D eigenvalue weighted by atomic mass is 16.5. The maximum absolute atomic E-state index is 12.1. The average molecular weight is 334 g/mol. The van der Waals surface area contributed by atoms with E-state index < -0.39 is 35.5 Å². The summed E-state index contributed by atoms with van der Waals surface area (Å²) >= 11 is 0. The maximum Gasteiger partial charge on any atom is 0.326 e. The molecular formula is C17H22N2O5. The molecule has 2 N–H and O–H groups in total. The molecule has 0 heterocycles. The number of carbonyl (C=O) groups is 4. The molecule has 0 aliphatic carbocycles. The summed E-state index contributed by atoms with van der Waals surface area (Å²) in [4.78, 5) is 46.1. The number of imide groups is 1. The van der Waals surface area contributed by atoms with Gasteiger partial charge in [0.1, 0.15) is 5.54 Å². The van der Waals surface area contributed by atoms with Crippen LogP contribution >= 0.6 is 0 Å². The third-order valence-corrected chi connectivity index (χ3v) is 3.39. The quantitative estimate of drug-likeness (QED) is 0.526. The van der Waals surface area contributed by atoms with Crippen LogP contribution in [0.4, 0.5) is 0 Å². The second kappa shape index (κ2) is 8.93. The second-order valence-electron chi connectivity index (χ2n) is 5.66. The minimum absolute atomic E-state index is 0.191. The summed E-state index contributed by atoms with van der Waals surface area (Å²) in [5.41, 5.74) is -0.206. The summed E-state index contributed by atoms with van der Waals surface area (Å²) < 4.78 is 4.82. The first kappa shape index (κ1) is 19.5. The highest BCUT2D eigenvalue weighted by Crippen LogP contribution is 2.15. The summed E-state index contributed by atoms with van der Waals surface area (Å²) in [7, 11) is 1.27. The molecule has 7 heteroatoms. The first-order valence-corrected chi connectivity index (χ1v) is 7.46. The molecule has 0 bridgehead atoms.